The van der Waals surface area contributed by atoms with E-state index in [9.17, 15) is 14.7 Å². The van der Waals surface area contributed by atoms with Crippen LogP contribution in [-0.2, 0) is 4.79 Å². The van der Waals surface area contributed by atoms with Crippen LogP contribution in [0.3, 0.4) is 0 Å². The van der Waals surface area contributed by atoms with Crippen LogP contribution in [0.2, 0.25) is 0 Å². The molecule has 1 amide bonds. The number of carbonyl (C=O) groups is 2. The molecule has 3 atom stereocenters. The third-order valence-electron chi connectivity index (χ3n) is 5.44. The SMILES string of the molecule is Cc1ccc2snc(C(=O)N3C(C(=O)O)CC4CCCCC43)c2c1. The maximum atomic E-state index is 13.2. The number of aryl methyl sites for hydroxylation is 1. The molecule has 1 N–H and O–H groups in total. The van der Waals surface area contributed by atoms with E-state index in [0.717, 1.165) is 41.3 Å². The Labute approximate surface area is 144 Å². The van der Waals surface area contributed by atoms with Gasteiger partial charge in [0.05, 0.1) is 4.70 Å². The number of benzene rings is 1. The minimum Gasteiger partial charge on any atom is -0.480 e. The average molecular weight is 344 g/mol. The van der Waals surface area contributed by atoms with E-state index in [1.54, 1.807) is 4.90 Å². The third kappa shape index (κ3) is 2.40. The molecule has 1 aromatic carbocycles. The van der Waals surface area contributed by atoms with Gasteiger partial charge in [0.1, 0.15) is 11.7 Å². The highest BCUT2D eigenvalue weighted by Crippen LogP contribution is 2.41. The lowest BCUT2D eigenvalue weighted by Crippen LogP contribution is -2.46. The van der Waals surface area contributed by atoms with Gasteiger partial charge in [-0.25, -0.2) is 4.79 Å². The zero-order valence-corrected chi connectivity index (χ0v) is 14.4. The van der Waals surface area contributed by atoms with Gasteiger partial charge in [-0.2, -0.15) is 4.37 Å². The standard InChI is InChI=1S/C18H20N2O3S/c1-10-6-7-15-12(8-10)16(19-24-15)17(21)20-13-5-3-2-4-11(13)9-14(20)18(22)23/h6-8,11,13-14H,2-5,9H2,1H3,(H,22,23). The molecule has 2 fully saturated rings. The monoisotopic (exact) mass is 344 g/mol. The van der Waals surface area contributed by atoms with Gasteiger partial charge in [-0.15, -0.1) is 0 Å². The van der Waals surface area contributed by atoms with Crippen molar-refractivity contribution >= 4 is 33.5 Å². The zero-order valence-electron chi connectivity index (χ0n) is 13.6. The summed E-state index contributed by atoms with van der Waals surface area (Å²) in [6.45, 7) is 1.98. The Morgan fingerprint density at radius 1 is 1.29 bits per heavy atom. The van der Waals surface area contributed by atoms with Gasteiger partial charge in [-0.1, -0.05) is 24.5 Å². The molecule has 24 heavy (non-hydrogen) atoms. The number of fused-ring (bicyclic) bond motifs is 2. The molecule has 0 radical (unpaired) electrons. The van der Waals surface area contributed by atoms with Crippen LogP contribution in [0.15, 0.2) is 18.2 Å². The molecule has 1 saturated carbocycles. The van der Waals surface area contributed by atoms with E-state index >= 15 is 0 Å². The number of amides is 1. The molecule has 4 rings (SSSR count). The maximum Gasteiger partial charge on any atom is 0.326 e. The topological polar surface area (TPSA) is 70.5 Å². The fourth-order valence-electron chi connectivity index (χ4n) is 4.30. The molecular weight excluding hydrogens is 324 g/mol. The summed E-state index contributed by atoms with van der Waals surface area (Å²) in [4.78, 5) is 26.6. The number of hydrogen-bond donors (Lipinski definition) is 1. The molecule has 1 aliphatic heterocycles. The lowest BCUT2D eigenvalue weighted by molar-refractivity contribution is -0.141. The Balaban J connectivity index is 1.75. The van der Waals surface area contributed by atoms with Crippen molar-refractivity contribution < 1.29 is 14.7 Å². The van der Waals surface area contributed by atoms with E-state index < -0.39 is 12.0 Å². The van der Waals surface area contributed by atoms with Gasteiger partial charge in [0, 0.05) is 11.4 Å². The van der Waals surface area contributed by atoms with Crippen molar-refractivity contribution in [3.63, 3.8) is 0 Å². The summed E-state index contributed by atoms with van der Waals surface area (Å²) in [5, 5.41) is 10.5. The first-order chi connectivity index (χ1) is 11.6. The molecule has 6 heteroatoms. The van der Waals surface area contributed by atoms with Crippen LogP contribution in [0.5, 0.6) is 0 Å². The molecule has 126 valence electrons. The Bertz CT molecular complexity index is 816. The highest BCUT2D eigenvalue weighted by atomic mass is 32.1. The van der Waals surface area contributed by atoms with Crippen LogP contribution < -0.4 is 0 Å². The molecule has 1 aliphatic carbocycles. The fourth-order valence-corrected chi connectivity index (χ4v) is 5.05. The molecule has 5 nitrogen and oxygen atoms in total. The van der Waals surface area contributed by atoms with Gasteiger partial charge >= 0.3 is 5.97 Å². The number of likely N-dealkylation sites (tertiary alicyclic amines) is 1. The molecular formula is C18H20N2O3S. The van der Waals surface area contributed by atoms with E-state index in [1.165, 1.54) is 11.5 Å². The second-order valence-corrected chi connectivity index (χ2v) is 7.75. The van der Waals surface area contributed by atoms with Crippen molar-refractivity contribution in [2.45, 2.75) is 51.1 Å². The largest absolute Gasteiger partial charge is 0.480 e. The van der Waals surface area contributed by atoms with E-state index in [4.69, 9.17) is 0 Å². The fraction of sp³-hybridized carbons (Fsp3) is 0.500. The second kappa shape index (κ2) is 5.84. The number of rotatable bonds is 2. The highest BCUT2D eigenvalue weighted by molar-refractivity contribution is 7.13. The first-order valence-electron chi connectivity index (χ1n) is 8.48. The van der Waals surface area contributed by atoms with Crippen molar-refractivity contribution in [1.29, 1.82) is 0 Å². The predicted molar refractivity (Wildman–Crippen MR) is 92.3 cm³/mol. The van der Waals surface area contributed by atoms with Crippen molar-refractivity contribution in [2.75, 3.05) is 0 Å². The minimum atomic E-state index is -0.895. The van der Waals surface area contributed by atoms with Gasteiger partial charge in [-0.3, -0.25) is 4.79 Å². The Kier molecular flexibility index (Phi) is 3.79. The first kappa shape index (κ1) is 15.6. The van der Waals surface area contributed by atoms with E-state index in [2.05, 4.69) is 4.37 Å². The van der Waals surface area contributed by atoms with Crippen LogP contribution >= 0.6 is 11.5 Å². The number of carboxylic acids is 1. The number of carboxylic acid groups (broad SMARTS) is 1. The molecule has 1 aromatic heterocycles. The lowest BCUT2D eigenvalue weighted by Gasteiger charge is -2.32. The van der Waals surface area contributed by atoms with Gasteiger partial charge in [0.25, 0.3) is 5.91 Å². The molecule has 2 aliphatic rings. The quantitative estimate of drug-likeness (QED) is 0.906. The van der Waals surface area contributed by atoms with Crippen molar-refractivity contribution in [3.8, 4) is 0 Å². The van der Waals surface area contributed by atoms with Crippen LogP contribution in [0.4, 0.5) is 0 Å². The van der Waals surface area contributed by atoms with Gasteiger partial charge in [0.2, 0.25) is 0 Å². The third-order valence-corrected chi connectivity index (χ3v) is 6.26. The summed E-state index contributed by atoms with van der Waals surface area (Å²) in [6.07, 6.45) is 4.70. The summed E-state index contributed by atoms with van der Waals surface area (Å²) in [5.41, 5.74) is 1.49. The van der Waals surface area contributed by atoms with Crippen LogP contribution in [-0.4, -0.2) is 38.3 Å². The Morgan fingerprint density at radius 2 is 2.08 bits per heavy atom. The van der Waals surface area contributed by atoms with E-state index in [0.29, 0.717) is 18.0 Å². The average Bonchev–Trinajstić information content (AvgIpc) is 3.15. The number of nitrogens with zero attached hydrogens (tertiary/aromatic N) is 2. The molecule has 2 heterocycles. The molecule has 1 saturated heterocycles. The van der Waals surface area contributed by atoms with Crippen LogP contribution in [0, 0.1) is 12.8 Å². The van der Waals surface area contributed by atoms with E-state index in [1.807, 2.05) is 25.1 Å². The predicted octanol–water partition coefficient (Wildman–Crippen LogP) is 3.46. The van der Waals surface area contributed by atoms with Crippen LogP contribution in [0.1, 0.15) is 48.2 Å². The number of aromatic nitrogens is 1. The summed E-state index contributed by atoms with van der Waals surface area (Å²) in [6, 6.07) is 5.28. The highest BCUT2D eigenvalue weighted by Gasteiger charge is 2.48. The van der Waals surface area contributed by atoms with Gasteiger partial charge in [-0.05, 0) is 55.8 Å². The molecule has 0 bridgehead atoms. The smallest absolute Gasteiger partial charge is 0.326 e. The Hall–Kier alpha value is -1.95. The number of aliphatic carboxylic acids is 1. The summed E-state index contributed by atoms with van der Waals surface area (Å²) >= 11 is 1.30. The summed E-state index contributed by atoms with van der Waals surface area (Å²) in [5.74, 6) is -0.794. The van der Waals surface area contributed by atoms with Crippen molar-refractivity contribution in [1.82, 2.24) is 9.27 Å². The Morgan fingerprint density at radius 3 is 2.88 bits per heavy atom. The number of hydrogen-bond acceptors (Lipinski definition) is 4. The molecule has 3 unspecified atom stereocenters. The maximum absolute atomic E-state index is 13.2. The van der Waals surface area contributed by atoms with Crippen molar-refractivity contribution in [3.05, 3.63) is 29.5 Å². The van der Waals surface area contributed by atoms with Gasteiger partial charge < -0.3 is 10.0 Å². The minimum absolute atomic E-state index is 0.0499. The van der Waals surface area contributed by atoms with Crippen LogP contribution in [0.25, 0.3) is 10.1 Å². The van der Waals surface area contributed by atoms with E-state index in [-0.39, 0.29) is 11.9 Å². The molecule has 0 spiro atoms. The summed E-state index contributed by atoms with van der Waals surface area (Å²) in [7, 11) is 0. The second-order valence-electron chi connectivity index (χ2n) is 6.94. The summed E-state index contributed by atoms with van der Waals surface area (Å²) < 4.78 is 5.34. The molecule has 2 aromatic rings. The van der Waals surface area contributed by atoms with Gasteiger partial charge in [0.15, 0.2) is 0 Å². The lowest BCUT2D eigenvalue weighted by atomic mass is 9.84. The first-order valence-corrected chi connectivity index (χ1v) is 9.25. The zero-order chi connectivity index (χ0) is 16.8. The van der Waals surface area contributed by atoms with Crippen molar-refractivity contribution in [2.24, 2.45) is 5.92 Å². The number of carbonyl (C=O) groups excluding carboxylic acids is 1. The normalized spacial score (nSPS) is 26.5.